The molecule has 3 heterocycles. The average Bonchev–Trinajstić information content (AvgIpc) is 3.37. The fraction of sp³-hybridized carbons (Fsp3) is 0.259. The normalized spacial score (nSPS) is 16.5. The molecule has 1 fully saturated rings. The molecule has 188 valence electrons. The minimum Gasteiger partial charge on any atom is -0.459 e. The van der Waals surface area contributed by atoms with Gasteiger partial charge in [-0.1, -0.05) is 48.2 Å². The SMILES string of the molecule is N#C/C(=C1/Nc2ccccc2S1)c1ccnc(OCc2ccc(CN3CCN(C(=O)CN)CC3)cc2)n1. The number of allylic oxidation sites excluding steroid dienone is 1. The molecule has 1 amide bonds. The van der Waals surface area contributed by atoms with Crippen LogP contribution in [0.15, 0.2) is 70.7 Å². The van der Waals surface area contributed by atoms with E-state index in [0.29, 0.717) is 31.0 Å². The first kappa shape index (κ1) is 24.8. The van der Waals surface area contributed by atoms with Crippen molar-refractivity contribution in [2.24, 2.45) is 5.73 Å². The Morgan fingerprint density at radius 1 is 1.08 bits per heavy atom. The molecule has 2 aliphatic heterocycles. The van der Waals surface area contributed by atoms with Crippen LogP contribution in [0.3, 0.4) is 0 Å². The summed E-state index contributed by atoms with van der Waals surface area (Å²) in [6, 6.07) is 20.4. The summed E-state index contributed by atoms with van der Waals surface area (Å²) in [6.45, 7) is 4.33. The number of amides is 1. The Morgan fingerprint density at radius 2 is 1.84 bits per heavy atom. The van der Waals surface area contributed by atoms with Crippen molar-refractivity contribution in [1.82, 2.24) is 19.8 Å². The smallest absolute Gasteiger partial charge is 0.317 e. The summed E-state index contributed by atoms with van der Waals surface area (Å²) in [4.78, 5) is 25.7. The van der Waals surface area contributed by atoms with Gasteiger partial charge in [-0.25, -0.2) is 4.98 Å². The number of nitrogens with two attached hydrogens (primary N) is 1. The Balaban J connectivity index is 1.17. The third-order valence-corrected chi connectivity index (χ3v) is 7.36. The third-order valence-electron chi connectivity index (χ3n) is 6.27. The fourth-order valence-corrected chi connectivity index (χ4v) is 5.24. The Morgan fingerprint density at radius 3 is 2.57 bits per heavy atom. The molecule has 1 saturated heterocycles. The predicted molar refractivity (Wildman–Crippen MR) is 142 cm³/mol. The van der Waals surface area contributed by atoms with Gasteiger partial charge in [0.2, 0.25) is 5.91 Å². The molecule has 9 nitrogen and oxygen atoms in total. The van der Waals surface area contributed by atoms with Gasteiger partial charge in [-0.15, -0.1) is 0 Å². The van der Waals surface area contributed by atoms with Gasteiger partial charge in [-0.2, -0.15) is 10.2 Å². The van der Waals surface area contributed by atoms with Crippen molar-refractivity contribution in [3.63, 3.8) is 0 Å². The van der Waals surface area contributed by atoms with E-state index in [1.807, 2.05) is 41.3 Å². The van der Waals surface area contributed by atoms with Crippen molar-refractivity contribution >= 4 is 28.9 Å². The summed E-state index contributed by atoms with van der Waals surface area (Å²) in [5, 5.41) is 13.9. The van der Waals surface area contributed by atoms with E-state index in [0.717, 1.165) is 40.8 Å². The van der Waals surface area contributed by atoms with Crippen LogP contribution in [0.5, 0.6) is 6.01 Å². The first-order valence-corrected chi connectivity index (χ1v) is 12.9. The van der Waals surface area contributed by atoms with Crippen LogP contribution >= 0.6 is 11.8 Å². The molecule has 37 heavy (non-hydrogen) atoms. The zero-order valence-electron chi connectivity index (χ0n) is 20.3. The number of nitriles is 1. The van der Waals surface area contributed by atoms with Crippen molar-refractivity contribution in [2.75, 3.05) is 38.0 Å². The molecule has 2 aromatic carbocycles. The van der Waals surface area contributed by atoms with Crippen LogP contribution < -0.4 is 15.8 Å². The second-order valence-corrected chi connectivity index (χ2v) is 9.78. The lowest BCUT2D eigenvalue weighted by Gasteiger charge is -2.34. The van der Waals surface area contributed by atoms with Gasteiger partial charge < -0.3 is 20.7 Å². The van der Waals surface area contributed by atoms with Crippen LogP contribution in [0, 0.1) is 11.3 Å². The Kier molecular flexibility index (Phi) is 7.65. The number of piperazine rings is 1. The molecule has 2 aliphatic rings. The number of benzene rings is 2. The van der Waals surface area contributed by atoms with Crippen molar-refractivity contribution in [1.29, 1.82) is 5.26 Å². The summed E-state index contributed by atoms with van der Waals surface area (Å²) >= 11 is 1.51. The number of nitrogens with one attached hydrogen (secondary N) is 1. The van der Waals surface area contributed by atoms with Gasteiger partial charge >= 0.3 is 6.01 Å². The second-order valence-electron chi connectivity index (χ2n) is 8.73. The van der Waals surface area contributed by atoms with Crippen LogP contribution in [-0.2, 0) is 17.9 Å². The number of rotatable bonds is 7. The van der Waals surface area contributed by atoms with Gasteiger partial charge in [-0.3, -0.25) is 9.69 Å². The first-order chi connectivity index (χ1) is 18.1. The Hall–Kier alpha value is -3.91. The molecule has 0 unspecified atom stereocenters. The minimum atomic E-state index is 0.0127. The van der Waals surface area contributed by atoms with Crippen LogP contribution in [0.1, 0.15) is 16.8 Å². The van der Waals surface area contributed by atoms with Gasteiger partial charge in [0.1, 0.15) is 18.2 Å². The number of aromatic nitrogens is 2. The van der Waals surface area contributed by atoms with Crippen LogP contribution in [0.2, 0.25) is 0 Å². The summed E-state index contributed by atoms with van der Waals surface area (Å²) in [5.41, 5.74) is 9.61. The molecule has 0 atom stereocenters. The number of fused-ring (bicyclic) bond motifs is 1. The number of hydrogen-bond acceptors (Lipinski definition) is 9. The molecule has 0 aliphatic carbocycles. The molecule has 0 bridgehead atoms. The van der Waals surface area contributed by atoms with Gasteiger partial charge in [0.15, 0.2) is 0 Å². The number of para-hydroxylation sites is 1. The van der Waals surface area contributed by atoms with Crippen molar-refractivity contribution in [3.05, 3.63) is 82.6 Å². The number of hydrogen-bond donors (Lipinski definition) is 2. The van der Waals surface area contributed by atoms with E-state index in [4.69, 9.17) is 10.5 Å². The quantitative estimate of drug-likeness (QED) is 0.459. The first-order valence-electron chi connectivity index (χ1n) is 12.1. The number of thioether (sulfide) groups is 1. The summed E-state index contributed by atoms with van der Waals surface area (Å²) in [5.74, 6) is 0.0127. The summed E-state index contributed by atoms with van der Waals surface area (Å²) in [7, 11) is 0. The average molecular weight is 514 g/mol. The summed E-state index contributed by atoms with van der Waals surface area (Å²) in [6.07, 6.45) is 1.60. The lowest BCUT2D eigenvalue weighted by atomic mass is 10.1. The minimum absolute atomic E-state index is 0.0127. The van der Waals surface area contributed by atoms with E-state index < -0.39 is 0 Å². The van der Waals surface area contributed by atoms with E-state index in [1.165, 1.54) is 17.3 Å². The number of nitrogens with zero attached hydrogens (tertiary/aromatic N) is 5. The zero-order chi connectivity index (χ0) is 25.6. The molecule has 5 rings (SSSR count). The monoisotopic (exact) mass is 513 g/mol. The van der Waals surface area contributed by atoms with Gasteiger partial charge in [0, 0.05) is 43.8 Å². The lowest BCUT2D eigenvalue weighted by molar-refractivity contribution is -0.131. The van der Waals surface area contributed by atoms with Crippen molar-refractivity contribution in [2.45, 2.75) is 18.0 Å². The van der Waals surface area contributed by atoms with E-state index in [1.54, 1.807) is 12.3 Å². The van der Waals surface area contributed by atoms with E-state index >= 15 is 0 Å². The second kappa shape index (κ2) is 11.4. The van der Waals surface area contributed by atoms with E-state index in [-0.39, 0.29) is 18.5 Å². The molecule has 1 aromatic heterocycles. The van der Waals surface area contributed by atoms with Crippen molar-refractivity contribution < 1.29 is 9.53 Å². The molecular weight excluding hydrogens is 486 g/mol. The molecule has 0 spiro atoms. The number of anilines is 1. The Labute approximate surface area is 219 Å². The highest BCUT2D eigenvalue weighted by Crippen LogP contribution is 2.43. The third kappa shape index (κ3) is 5.91. The fourth-order valence-electron chi connectivity index (χ4n) is 4.24. The molecule has 3 aromatic rings. The number of carbonyl (C=O) groups excluding carboxylic acids is 1. The molecular formula is C27H27N7O2S. The van der Waals surface area contributed by atoms with Crippen LogP contribution in [0.25, 0.3) is 5.57 Å². The van der Waals surface area contributed by atoms with Crippen molar-refractivity contribution in [3.8, 4) is 12.1 Å². The maximum absolute atomic E-state index is 11.7. The molecule has 3 N–H and O–H groups in total. The maximum atomic E-state index is 11.7. The maximum Gasteiger partial charge on any atom is 0.317 e. The van der Waals surface area contributed by atoms with Gasteiger partial charge in [0.25, 0.3) is 0 Å². The summed E-state index contributed by atoms with van der Waals surface area (Å²) < 4.78 is 5.85. The number of carbonyl (C=O) groups is 1. The van der Waals surface area contributed by atoms with Gasteiger partial charge in [0.05, 0.1) is 23.0 Å². The highest BCUT2D eigenvalue weighted by molar-refractivity contribution is 8.04. The standard InChI is InChI=1S/C27H27N7O2S/c28-15-21(26-31-23-3-1-2-4-24(23)37-26)22-9-10-30-27(32-22)36-18-20-7-5-19(6-8-20)17-33-11-13-34(14-12-33)25(35)16-29/h1-10,31H,11-14,16-18,29H2/b26-21+. The zero-order valence-corrected chi connectivity index (χ0v) is 21.1. The number of ether oxygens (including phenoxy) is 1. The predicted octanol–water partition coefficient (Wildman–Crippen LogP) is 3.07. The van der Waals surface area contributed by atoms with E-state index in [9.17, 15) is 10.1 Å². The Bertz CT molecular complexity index is 1320. The topological polar surface area (TPSA) is 120 Å². The van der Waals surface area contributed by atoms with Crippen LogP contribution in [0.4, 0.5) is 5.69 Å². The van der Waals surface area contributed by atoms with Gasteiger partial charge in [-0.05, 0) is 29.3 Å². The molecule has 10 heteroatoms. The largest absolute Gasteiger partial charge is 0.459 e. The highest BCUT2D eigenvalue weighted by Gasteiger charge is 2.22. The molecule has 0 saturated carbocycles. The van der Waals surface area contributed by atoms with E-state index in [2.05, 4.69) is 38.4 Å². The highest BCUT2D eigenvalue weighted by atomic mass is 32.2. The van der Waals surface area contributed by atoms with Crippen LogP contribution in [-0.4, -0.2) is 58.4 Å². The lowest BCUT2D eigenvalue weighted by Crippen LogP contribution is -2.49. The molecule has 0 radical (unpaired) electrons.